The number of ether oxygens (including phenoxy) is 4. The highest BCUT2D eigenvalue weighted by atomic mass is 19.2. The quantitative estimate of drug-likeness (QED) is 0.0940. The van der Waals surface area contributed by atoms with Gasteiger partial charge in [-0.2, -0.15) is 4.39 Å². The minimum absolute atomic E-state index is 0.477. The summed E-state index contributed by atoms with van der Waals surface area (Å²) in [5, 5.41) is 11.6. The molecule has 9 heteroatoms. The van der Waals surface area contributed by atoms with Gasteiger partial charge in [0.25, 0.3) is 0 Å². The van der Waals surface area contributed by atoms with Gasteiger partial charge in [0.05, 0.1) is 19.1 Å². The number of halogens is 2. The molecular formula is C30H27F2NO6. The zero-order valence-electron chi connectivity index (χ0n) is 21.8. The van der Waals surface area contributed by atoms with Gasteiger partial charge in [-0.3, -0.25) is 10.1 Å². The zero-order chi connectivity index (χ0) is 28.2. The van der Waals surface area contributed by atoms with E-state index in [1.54, 1.807) is 52.3 Å². The van der Waals surface area contributed by atoms with Crippen molar-refractivity contribution in [3.8, 4) is 17.2 Å². The van der Waals surface area contributed by atoms with Crippen LogP contribution in [0.15, 0.2) is 91.0 Å². The maximum Gasteiger partial charge on any atom is 0.349 e. The van der Waals surface area contributed by atoms with Gasteiger partial charge in [-0.25, -0.2) is 4.39 Å². The second-order valence-electron chi connectivity index (χ2n) is 9.07. The second-order valence-corrected chi connectivity index (χ2v) is 9.07. The molecule has 0 saturated carbocycles. The Bertz CT molecular complexity index is 1390. The van der Waals surface area contributed by atoms with E-state index >= 15 is 0 Å². The van der Waals surface area contributed by atoms with Gasteiger partial charge in [0, 0.05) is 13.8 Å². The van der Waals surface area contributed by atoms with Crippen molar-refractivity contribution in [2.24, 2.45) is 0 Å². The van der Waals surface area contributed by atoms with Crippen molar-refractivity contribution in [1.29, 1.82) is 0 Å². The summed E-state index contributed by atoms with van der Waals surface area (Å²) in [5.74, 6) is -3.80. The fraction of sp³-hybridized carbons (Fsp3) is 0.200. The first kappa shape index (κ1) is 27.5. The molecule has 0 saturated heterocycles. The molecule has 0 atom stereocenters. The van der Waals surface area contributed by atoms with Crippen molar-refractivity contribution in [3.05, 3.63) is 129 Å². The molecule has 0 radical (unpaired) electrons. The number of methoxy groups -OCH3 is 2. The van der Waals surface area contributed by atoms with E-state index in [4.69, 9.17) is 18.9 Å². The largest absolute Gasteiger partial charge is 0.497 e. The van der Waals surface area contributed by atoms with Gasteiger partial charge in [0.15, 0.2) is 5.82 Å². The van der Waals surface area contributed by atoms with Crippen LogP contribution in [0.1, 0.15) is 30.5 Å². The van der Waals surface area contributed by atoms with Crippen LogP contribution in [0.4, 0.5) is 14.5 Å². The molecule has 0 aliphatic carbocycles. The number of nitro groups is 1. The Hall–Kier alpha value is -4.50. The minimum atomic E-state index is -1.62. The lowest BCUT2D eigenvalue weighted by Gasteiger charge is -2.42. The lowest BCUT2D eigenvalue weighted by atomic mass is 9.79. The van der Waals surface area contributed by atoms with Crippen LogP contribution in [-0.4, -0.2) is 24.9 Å². The molecule has 0 aliphatic heterocycles. The van der Waals surface area contributed by atoms with Crippen LogP contribution in [-0.2, 0) is 10.3 Å². The molecule has 4 aromatic carbocycles. The van der Waals surface area contributed by atoms with Crippen LogP contribution in [0, 0.1) is 21.7 Å². The van der Waals surface area contributed by atoms with Gasteiger partial charge < -0.3 is 18.9 Å². The van der Waals surface area contributed by atoms with Gasteiger partial charge in [0.1, 0.15) is 17.1 Å². The molecule has 0 fully saturated rings. The molecule has 0 spiro atoms. The van der Waals surface area contributed by atoms with Gasteiger partial charge in [-0.15, -0.1) is 0 Å². The minimum Gasteiger partial charge on any atom is -0.497 e. The van der Waals surface area contributed by atoms with Gasteiger partial charge in [-0.05, 0) is 53.1 Å². The average molecular weight is 536 g/mol. The molecule has 0 amide bonds. The van der Waals surface area contributed by atoms with Crippen molar-refractivity contribution in [2.75, 3.05) is 14.2 Å². The lowest BCUT2D eigenvalue weighted by molar-refractivity contribution is -0.390. The summed E-state index contributed by atoms with van der Waals surface area (Å²) < 4.78 is 51.6. The summed E-state index contributed by atoms with van der Waals surface area (Å²) >= 11 is 0. The molecule has 4 aromatic rings. The van der Waals surface area contributed by atoms with E-state index in [1.807, 2.05) is 54.6 Å². The third-order valence-corrected chi connectivity index (χ3v) is 6.14. The zero-order valence-corrected chi connectivity index (χ0v) is 21.8. The van der Waals surface area contributed by atoms with Crippen molar-refractivity contribution in [2.45, 2.75) is 25.2 Å². The van der Waals surface area contributed by atoms with Crippen molar-refractivity contribution < 1.29 is 32.7 Å². The first-order chi connectivity index (χ1) is 18.6. The number of benzene rings is 4. The van der Waals surface area contributed by atoms with Gasteiger partial charge in [0.2, 0.25) is 17.4 Å². The van der Waals surface area contributed by atoms with Gasteiger partial charge in [-0.1, -0.05) is 54.6 Å². The molecule has 39 heavy (non-hydrogen) atoms. The van der Waals surface area contributed by atoms with E-state index < -0.39 is 39.4 Å². The Labute approximate surface area is 224 Å². The normalized spacial score (nSPS) is 11.6. The monoisotopic (exact) mass is 535 g/mol. The Balaban J connectivity index is 1.92. The van der Waals surface area contributed by atoms with Crippen LogP contribution in [0.3, 0.4) is 0 Å². The Morgan fingerprint density at radius 3 is 1.67 bits per heavy atom. The second kappa shape index (κ2) is 11.1. The van der Waals surface area contributed by atoms with Crippen LogP contribution in [0.25, 0.3) is 0 Å². The van der Waals surface area contributed by atoms with Gasteiger partial charge >= 0.3 is 5.69 Å². The highest BCUT2D eigenvalue weighted by Crippen LogP contribution is 2.45. The van der Waals surface area contributed by atoms with E-state index in [1.165, 1.54) is 0 Å². The number of nitrogens with zero attached hydrogens (tertiary/aromatic N) is 1. The standard InChI is InChI=1S/C30H27F2NO6/c1-29(2,38-26-19-18-25(31)27(32)28(26)33(34)35)39-30(20-8-6-5-7-9-20,21-10-14-23(36-3)15-11-21)22-12-16-24(37-4)17-13-22/h5-19H,1-4H3. The number of nitro benzene ring substituents is 1. The first-order valence-electron chi connectivity index (χ1n) is 12.0. The molecule has 0 bridgehead atoms. The van der Waals surface area contributed by atoms with Crippen LogP contribution >= 0.6 is 0 Å². The number of rotatable bonds is 10. The molecule has 4 rings (SSSR count). The predicted molar refractivity (Wildman–Crippen MR) is 141 cm³/mol. The topological polar surface area (TPSA) is 80.1 Å². The maximum absolute atomic E-state index is 14.4. The number of hydrogen-bond acceptors (Lipinski definition) is 6. The molecule has 0 unspecified atom stereocenters. The van der Waals surface area contributed by atoms with E-state index in [9.17, 15) is 18.9 Å². The van der Waals surface area contributed by atoms with E-state index in [-0.39, 0.29) is 0 Å². The Morgan fingerprint density at radius 2 is 1.21 bits per heavy atom. The summed E-state index contributed by atoms with van der Waals surface area (Å²) in [4.78, 5) is 10.6. The average Bonchev–Trinajstić information content (AvgIpc) is 2.94. The summed E-state index contributed by atoms with van der Waals surface area (Å²) in [5.41, 5.74) is -0.341. The van der Waals surface area contributed by atoms with E-state index in [2.05, 4.69) is 0 Å². The fourth-order valence-corrected chi connectivity index (χ4v) is 4.43. The fourth-order valence-electron chi connectivity index (χ4n) is 4.43. The highest BCUT2D eigenvalue weighted by molar-refractivity contribution is 5.51. The molecule has 7 nitrogen and oxygen atoms in total. The Kier molecular flexibility index (Phi) is 7.83. The summed E-state index contributed by atoms with van der Waals surface area (Å²) in [6, 6.07) is 25.6. The predicted octanol–water partition coefficient (Wildman–Crippen LogP) is 7.01. The highest BCUT2D eigenvalue weighted by Gasteiger charge is 2.44. The molecule has 202 valence electrons. The van der Waals surface area contributed by atoms with E-state index in [0.29, 0.717) is 22.6 Å². The van der Waals surface area contributed by atoms with E-state index in [0.717, 1.165) is 17.7 Å². The third kappa shape index (κ3) is 5.53. The molecular weight excluding hydrogens is 508 g/mol. The van der Waals surface area contributed by atoms with Crippen molar-refractivity contribution in [3.63, 3.8) is 0 Å². The molecule has 0 heterocycles. The summed E-state index contributed by atoms with van der Waals surface area (Å²) in [7, 11) is 3.12. The first-order valence-corrected chi connectivity index (χ1v) is 12.0. The van der Waals surface area contributed by atoms with Crippen molar-refractivity contribution in [1.82, 2.24) is 0 Å². The third-order valence-electron chi connectivity index (χ3n) is 6.14. The molecule has 0 N–H and O–H groups in total. The van der Waals surface area contributed by atoms with Crippen LogP contribution < -0.4 is 14.2 Å². The SMILES string of the molecule is COc1ccc(C(OC(C)(C)Oc2ccc(F)c(F)c2[N+](=O)[O-])(c2ccccc2)c2ccc(OC)cc2)cc1. The lowest BCUT2D eigenvalue weighted by Crippen LogP contribution is -2.44. The Morgan fingerprint density at radius 1 is 0.718 bits per heavy atom. The van der Waals surface area contributed by atoms with Crippen LogP contribution in [0.2, 0.25) is 0 Å². The number of hydrogen-bond donors (Lipinski definition) is 0. The smallest absolute Gasteiger partial charge is 0.349 e. The maximum atomic E-state index is 14.4. The van der Waals surface area contributed by atoms with Crippen molar-refractivity contribution >= 4 is 5.69 Å². The molecule has 0 aromatic heterocycles. The van der Waals surface area contributed by atoms with Crippen LogP contribution in [0.5, 0.6) is 17.2 Å². The summed E-state index contributed by atoms with van der Waals surface area (Å²) in [6.45, 7) is 3.09. The summed E-state index contributed by atoms with van der Waals surface area (Å²) in [6.07, 6.45) is 0. The molecule has 0 aliphatic rings.